The third-order valence-corrected chi connectivity index (χ3v) is 4.17. The molecule has 0 spiro atoms. The predicted octanol–water partition coefficient (Wildman–Crippen LogP) is 4.72. The minimum Gasteiger partial charge on any atom is -0.353 e. The Morgan fingerprint density at radius 3 is 2.81 bits per heavy atom. The molecule has 1 saturated carbocycles. The summed E-state index contributed by atoms with van der Waals surface area (Å²) >= 11 is 6.00. The summed E-state index contributed by atoms with van der Waals surface area (Å²) in [5, 5.41) is 3.97. The number of aryl methyl sites for hydroxylation is 1. The summed E-state index contributed by atoms with van der Waals surface area (Å²) in [6, 6.07) is 4.99. The lowest BCUT2D eigenvalue weighted by Crippen LogP contribution is -2.24. The van der Waals surface area contributed by atoms with Gasteiger partial charge in [-0.15, -0.1) is 0 Å². The van der Waals surface area contributed by atoms with Crippen molar-refractivity contribution < 1.29 is 4.39 Å². The second kappa shape index (κ2) is 6.06. The zero-order valence-electron chi connectivity index (χ0n) is 12.1. The largest absolute Gasteiger partial charge is 0.353 e. The predicted molar refractivity (Wildman–Crippen MR) is 83.8 cm³/mol. The Bertz CT molecular complexity index is 632. The second-order valence-electron chi connectivity index (χ2n) is 5.65. The van der Waals surface area contributed by atoms with Gasteiger partial charge in [0.25, 0.3) is 0 Å². The van der Waals surface area contributed by atoms with E-state index in [9.17, 15) is 4.39 Å². The van der Waals surface area contributed by atoms with E-state index in [0.717, 1.165) is 18.5 Å². The van der Waals surface area contributed by atoms with Crippen molar-refractivity contribution in [2.75, 3.05) is 5.32 Å². The highest BCUT2D eigenvalue weighted by Gasteiger charge is 2.18. The van der Waals surface area contributed by atoms with Gasteiger partial charge in [-0.2, -0.15) is 0 Å². The molecule has 112 valence electrons. The van der Waals surface area contributed by atoms with E-state index in [2.05, 4.69) is 10.3 Å². The van der Waals surface area contributed by atoms with Crippen LogP contribution in [-0.4, -0.2) is 15.6 Å². The third-order valence-electron chi connectivity index (χ3n) is 3.93. The fraction of sp³-hybridized carbons (Fsp3) is 0.438. The molecular formula is C16H19ClFN3. The topological polar surface area (TPSA) is 29.9 Å². The zero-order chi connectivity index (χ0) is 14.8. The zero-order valence-corrected chi connectivity index (χ0v) is 12.8. The van der Waals surface area contributed by atoms with Crippen LogP contribution in [-0.2, 0) is 0 Å². The molecule has 0 unspecified atom stereocenters. The van der Waals surface area contributed by atoms with Gasteiger partial charge in [-0.3, -0.25) is 4.57 Å². The summed E-state index contributed by atoms with van der Waals surface area (Å²) in [4.78, 5) is 4.49. The SMILES string of the molecule is Cc1cn(-c2cc(Cl)ccc2F)c(NC2CCCCC2)n1. The van der Waals surface area contributed by atoms with Crippen molar-refractivity contribution in [3.05, 3.63) is 40.9 Å². The summed E-state index contributed by atoms with van der Waals surface area (Å²) in [6.45, 7) is 1.91. The highest BCUT2D eigenvalue weighted by Crippen LogP contribution is 2.26. The highest BCUT2D eigenvalue weighted by atomic mass is 35.5. The van der Waals surface area contributed by atoms with Crippen molar-refractivity contribution in [3.8, 4) is 5.69 Å². The van der Waals surface area contributed by atoms with Gasteiger partial charge in [0.05, 0.1) is 11.4 Å². The molecule has 1 aromatic carbocycles. The average molecular weight is 308 g/mol. The molecule has 0 aliphatic heterocycles. The fourth-order valence-corrected chi connectivity index (χ4v) is 3.05. The number of anilines is 1. The summed E-state index contributed by atoms with van der Waals surface area (Å²) < 4.78 is 15.8. The molecule has 3 nitrogen and oxygen atoms in total. The van der Waals surface area contributed by atoms with Crippen LogP contribution in [0, 0.1) is 12.7 Å². The first kappa shape index (κ1) is 14.4. The molecule has 1 N–H and O–H groups in total. The molecule has 1 fully saturated rings. The van der Waals surface area contributed by atoms with Crippen LogP contribution in [0.2, 0.25) is 5.02 Å². The molecule has 0 saturated heterocycles. The first-order valence-corrected chi connectivity index (χ1v) is 7.79. The Balaban J connectivity index is 1.93. The van der Waals surface area contributed by atoms with Gasteiger partial charge in [0.15, 0.2) is 0 Å². The molecule has 1 heterocycles. The number of halogens is 2. The third kappa shape index (κ3) is 3.21. The molecule has 1 aliphatic carbocycles. The van der Waals surface area contributed by atoms with E-state index in [1.54, 1.807) is 16.7 Å². The second-order valence-corrected chi connectivity index (χ2v) is 6.09. The van der Waals surface area contributed by atoms with Crippen LogP contribution in [0.4, 0.5) is 10.3 Å². The van der Waals surface area contributed by atoms with Crippen molar-refractivity contribution in [1.29, 1.82) is 0 Å². The highest BCUT2D eigenvalue weighted by molar-refractivity contribution is 6.30. The van der Waals surface area contributed by atoms with Gasteiger partial charge in [0.1, 0.15) is 5.82 Å². The maximum atomic E-state index is 14.1. The number of hydrogen-bond donors (Lipinski definition) is 1. The summed E-state index contributed by atoms with van der Waals surface area (Å²) in [6.07, 6.45) is 7.90. The van der Waals surface area contributed by atoms with Crippen LogP contribution >= 0.6 is 11.6 Å². The Labute approximate surface area is 129 Å². The number of aromatic nitrogens is 2. The molecular weight excluding hydrogens is 289 g/mol. The summed E-state index contributed by atoms with van der Waals surface area (Å²) in [5.74, 6) is 0.393. The molecule has 0 bridgehead atoms. The fourth-order valence-electron chi connectivity index (χ4n) is 2.88. The smallest absolute Gasteiger partial charge is 0.208 e. The molecule has 0 atom stereocenters. The Kier molecular flexibility index (Phi) is 4.15. The van der Waals surface area contributed by atoms with Gasteiger partial charge in [-0.25, -0.2) is 9.37 Å². The minimum atomic E-state index is -0.302. The number of rotatable bonds is 3. The number of benzene rings is 1. The monoisotopic (exact) mass is 307 g/mol. The van der Waals surface area contributed by atoms with Gasteiger partial charge >= 0.3 is 0 Å². The molecule has 0 amide bonds. The van der Waals surface area contributed by atoms with E-state index in [1.807, 2.05) is 13.1 Å². The molecule has 1 aliphatic rings. The molecule has 3 rings (SSSR count). The van der Waals surface area contributed by atoms with E-state index < -0.39 is 0 Å². The van der Waals surface area contributed by atoms with E-state index in [-0.39, 0.29) is 5.82 Å². The van der Waals surface area contributed by atoms with Crippen LogP contribution in [0.15, 0.2) is 24.4 Å². The maximum Gasteiger partial charge on any atom is 0.208 e. The van der Waals surface area contributed by atoms with Gasteiger partial charge < -0.3 is 5.32 Å². The average Bonchev–Trinajstić information content (AvgIpc) is 2.83. The van der Waals surface area contributed by atoms with Crippen molar-refractivity contribution in [2.24, 2.45) is 0 Å². The first-order chi connectivity index (χ1) is 10.1. The van der Waals surface area contributed by atoms with Crippen molar-refractivity contribution in [3.63, 3.8) is 0 Å². The Morgan fingerprint density at radius 1 is 1.29 bits per heavy atom. The van der Waals surface area contributed by atoms with E-state index in [4.69, 9.17) is 11.6 Å². The maximum absolute atomic E-state index is 14.1. The number of hydrogen-bond acceptors (Lipinski definition) is 2. The lowest BCUT2D eigenvalue weighted by atomic mass is 9.96. The van der Waals surface area contributed by atoms with Crippen molar-refractivity contribution >= 4 is 17.5 Å². The van der Waals surface area contributed by atoms with Crippen LogP contribution < -0.4 is 5.32 Å². The van der Waals surface area contributed by atoms with E-state index in [1.165, 1.54) is 25.3 Å². The van der Waals surface area contributed by atoms with E-state index in [0.29, 0.717) is 22.7 Å². The normalized spacial score (nSPS) is 16.1. The van der Waals surface area contributed by atoms with Gasteiger partial charge in [-0.05, 0) is 38.0 Å². The van der Waals surface area contributed by atoms with Crippen LogP contribution in [0.3, 0.4) is 0 Å². The van der Waals surface area contributed by atoms with Crippen molar-refractivity contribution in [2.45, 2.75) is 45.1 Å². The summed E-state index contributed by atoms with van der Waals surface area (Å²) in [7, 11) is 0. The number of imidazole rings is 1. The van der Waals surface area contributed by atoms with Gasteiger partial charge in [-0.1, -0.05) is 30.9 Å². The Morgan fingerprint density at radius 2 is 2.05 bits per heavy atom. The van der Waals surface area contributed by atoms with Crippen LogP contribution in [0.1, 0.15) is 37.8 Å². The number of nitrogens with one attached hydrogen (secondary N) is 1. The van der Waals surface area contributed by atoms with Crippen LogP contribution in [0.5, 0.6) is 0 Å². The quantitative estimate of drug-likeness (QED) is 0.889. The van der Waals surface area contributed by atoms with E-state index >= 15 is 0 Å². The molecule has 21 heavy (non-hydrogen) atoms. The first-order valence-electron chi connectivity index (χ1n) is 7.41. The molecule has 1 aromatic heterocycles. The molecule has 2 aromatic rings. The molecule has 0 radical (unpaired) electrons. The number of nitrogens with zero attached hydrogens (tertiary/aromatic N) is 2. The van der Waals surface area contributed by atoms with Crippen molar-refractivity contribution in [1.82, 2.24) is 9.55 Å². The van der Waals surface area contributed by atoms with Crippen LogP contribution in [0.25, 0.3) is 5.69 Å². The minimum absolute atomic E-state index is 0.302. The Hall–Kier alpha value is -1.55. The molecule has 5 heteroatoms. The lowest BCUT2D eigenvalue weighted by molar-refractivity contribution is 0.460. The standard InChI is InChI=1S/C16H19ClFN3/c1-11-10-21(15-9-12(17)7-8-14(15)18)16(19-11)20-13-5-3-2-4-6-13/h7-10,13H,2-6H2,1H3,(H,19,20). The summed E-state index contributed by atoms with van der Waals surface area (Å²) in [5.41, 5.74) is 1.29. The van der Waals surface area contributed by atoms with Gasteiger partial charge in [0.2, 0.25) is 5.95 Å². The lowest BCUT2D eigenvalue weighted by Gasteiger charge is -2.23. The van der Waals surface area contributed by atoms with Gasteiger partial charge in [0, 0.05) is 17.3 Å².